The Morgan fingerprint density at radius 2 is 2.00 bits per heavy atom. The van der Waals surface area contributed by atoms with Crippen LogP contribution in [0.25, 0.3) is 0 Å². The van der Waals surface area contributed by atoms with E-state index in [0.717, 1.165) is 32.5 Å². The van der Waals surface area contributed by atoms with Crippen molar-refractivity contribution in [1.29, 1.82) is 0 Å². The van der Waals surface area contributed by atoms with Crippen LogP contribution in [0.1, 0.15) is 31.2 Å². The number of nitrogens with one attached hydrogen (secondary N) is 1. The molecule has 0 saturated carbocycles. The second-order valence-corrected chi connectivity index (χ2v) is 6.82. The molecule has 2 saturated heterocycles. The first-order valence-corrected chi connectivity index (χ1v) is 8.95. The van der Waals surface area contributed by atoms with Crippen molar-refractivity contribution in [3.8, 4) is 0 Å². The van der Waals surface area contributed by atoms with E-state index in [1.165, 1.54) is 24.8 Å². The Morgan fingerprint density at radius 3 is 2.70 bits per heavy atom. The van der Waals surface area contributed by atoms with Gasteiger partial charge in [0.15, 0.2) is 0 Å². The van der Waals surface area contributed by atoms with Gasteiger partial charge in [-0.3, -0.25) is 4.79 Å². The van der Waals surface area contributed by atoms with Crippen molar-refractivity contribution < 1.29 is 9.53 Å². The Morgan fingerprint density at radius 1 is 1.22 bits per heavy atom. The van der Waals surface area contributed by atoms with Crippen LogP contribution in [0.15, 0.2) is 30.3 Å². The molecule has 2 aliphatic rings. The molecule has 2 atom stereocenters. The molecule has 0 spiro atoms. The predicted octanol–water partition coefficient (Wildman–Crippen LogP) is 2.24. The minimum atomic E-state index is 0.0367. The third-order valence-corrected chi connectivity index (χ3v) is 4.90. The minimum Gasteiger partial charge on any atom is -0.381 e. The van der Waals surface area contributed by atoms with Gasteiger partial charge in [-0.2, -0.15) is 0 Å². The zero-order chi connectivity index (χ0) is 15.9. The van der Waals surface area contributed by atoms with E-state index in [1.807, 2.05) is 6.07 Å². The maximum atomic E-state index is 12.5. The Labute approximate surface area is 139 Å². The number of benzene rings is 1. The lowest BCUT2D eigenvalue weighted by Gasteiger charge is -2.31. The van der Waals surface area contributed by atoms with Gasteiger partial charge in [-0.25, -0.2) is 0 Å². The van der Waals surface area contributed by atoms with Crippen molar-refractivity contribution in [3.05, 3.63) is 35.9 Å². The fraction of sp³-hybridized carbons (Fsp3) is 0.632. The molecule has 2 aliphatic heterocycles. The second kappa shape index (κ2) is 8.46. The standard InChI is InChI=1S/C19H28N2O2/c22-19(17-9-12-23-15-17)20-18(13-16-7-3-1-4-8-16)14-21-10-5-2-6-11-21/h1,3-4,7-8,17-18H,2,5-6,9-15H2,(H,20,22)/t17-,18+/m0/s1. The number of piperidine rings is 1. The number of hydrogen-bond acceptors (Lipinski definition) is 3. The Kier molecular flexibility index (Phi) is 6.06. The molecule has 0 aliphatic carbocycles. The summed E-state index contributed by atoms with van der Waals surface area (Å²) in [6, 6.07) is 10.7. The molecule has 0 aromatic heterocycles. The minimum absolute atomic E-state index is 0.0367. The lowest BCUT2D eigenvalue weighted by molar-refractivity contribution is -0.125. The first kappa shape index (κ1) is 16.5. The molecule has 1 amide bonds. The van der Waals surface area contributed by atoms with Crippen LogP contribution in [0.5, 0.6) is 0 Å². The lowest BCUT2D eigenvalue weighted by atomic mass is 10.0. The SMILES string of the molecule is O=C(N[C@H](Cc1ccccc1)CN1CCCCC1)[C@H]1CCOC1. The van der Waals surface area contributed by atoms with E-state index >= 15 is 0 Å². The normalized spacial score (nSPS) is 23.6. The largest absolute Gasteiger partial charge is 0.381 e. The van der Waals surface area contributed by atoms with Gasteiger partial charge >= 0.3 is 0 Å². The number of carbonyl (C=O) groups excluding carboxylic acids is 1. The smallest absolute Gasteiger partial charge is 0.225 e. The van der Waals surface area contributed by atoms with Crippen molar-refractivity contribution in [1.82, 2.24) is 10.2 Å². The number of nitrogens with zero attached hydrogens (tertiary/aromatic N) is 1. The fourth-order valence-corrected chi connectivity index (χ4v) is 3.57. The zero-order valence-corrected chi connectivity index (χ0v) is 13.9. The van der Waals surface area contributed by atoms with E-state index < -0.39 is 0 Å². The molecule has 1 aromatic carbocycles. The van der Waals surface area contributed by atoms with E-state index in [-0.39, 0.29) is 17.9 Å². The molecule has 4 heteroatoms. The second-order valence-electron chi connectivity index (χ2n) is 6.82. The molecule has 0 unspecified atom stereocenters. The Hall–Kier alpha value is -1.39. The van der Waals surface area contributed by atoms with E-state index in [1.54, 1.807) is 0 Å². The summed E-state index contributed by atoms with van der Waals surface area (Å²) in [5.74, 6) is 0.204. The third-order valence-electron chi connectivity index (χ3n) is 4.90. The molecule has 0 radical (unpaired) electrons. The molecule has 1 N–H and O–H groups in total. The molecular weight excluding hydrogens is 288 g/mol. The topological polar surface area (TPSA) is 41.6 Å². The number of hydrogen-bond donors (Lipinski definition) is 1. The van der Waals surface area contributed by atoms with Gasteiger partial charge in [0.1, 0.15) is 0 Å². The van der Waals surface area contributed by atoms with Crippen LogP contribution in [0.2, 0.25) is 0 Å². The monoisotopic (exact) mass is 316 g/mol. The van der Waals surface area contributed by atoms with Gasteiger partial charge in [-0.1, -0.05) is 36.8 Å². The highest BCUT2D eigenvalue weighted by Crippen LogP contribution is 2.15. The molecule has 2 heterocycles. The average molecular weight is 316 g/mol. The summed E-state index contributed by atoms with van der Waals surface area (Å²) in [7, 11) is 0. The molecule has 126 valence electrons. The van der Waals surface area contributed by atoms with E-state index in [4.69, 9.17) is 4.74 Å². The van der Waals surface area contributed by atoms with Gasteiger partial charge in [0, 0.05) is 19.2 Å². The van der Waals surface area contributed by atoms with E-state index in [2.05, 4.69) is 34.5 Å². The van der Waals surface area contributed by atoms with Crippen LogP contribution >= 0.6 is 0 Å². The van der Waals surface area contributed by atoms with E-state index in [9.17, 15) is 4.79 Å². The van der Waals surface area contributed by atoms with Crippen molar-refractivity contribution in [2.45, 2.75) is 38.1 Å². The summed E-state index contributed by atoms with van der Waals surface area (Å²) in [5, 5.41) is 3.29. The number of ether oxygens (including phenoxy) is 1. The summed E-state index contributed by atoms with van der Waals surface area (Å²) in [5.41, 5.74) is 1.29. The van der Waals surface area contributed by atoms with Gasteiger partial charge in [-0.15, -0.1) is 0 Å². The summed E-state index contributed by atoms with van der Waals surface area (Å²) in [6.45, 7) is 4.57. The fourth-order valence-electron chi connectivity index (χ4n) is 3.57. The maximum absolute atomic E-state index is 12.5. The Balaban J connectivity index is 1.60. The number of likely N-dealkylation sites (tertiary alicyclic amines) is 1. The highest BCUT2D eigenvalue weighted by Gasteiger charge is 2.26. The van der Waals surface area contributed by atoms with Gasteiger partial charge in [0.2, 0.25) is 5.91 Å². The van der Waals surface area contributed by atoms with Crippen LogP contribution in [0.4, 0.5) is 0 Å². The number of rotatable bonds is 6. The highest BCUT2D eigenvalue weighted by molar-refractivity contribution is 5.79. The van der Waals surface area contributed by atoms with Crippen LogP contribution in [-0.2, 0) is 16.0 Å². The lowest BCUT2D eigenvalue weighted by Crippen LogP contribution is -2.48. The van der Waals surface area contributed by atoms with Crippen LogP contribution in [-0.4, -0.2) is 49.7 Å². The zero-order valence-electron chi connectivity index (χ0n) is 13.9. The van der Waals surface area contributed by atoms with Crippen LogP contribution in [0, 0.1) is 5.92 Å². The highest BCUT2D eigenvalue weighted by atomic mass is 16.5. The number of carbonyl (C=O) groups is 1. The van der Waals surface area contributed by atoms with Crippen LogP contribution in [0.3, 0.4) is 0 Å². The predicted molar refractivity (Wildman–Crippen MR) is 91.3 cm³/mol. The third kappa shape index (κ3) is 5.05. The van der Waals surface area contributed by atoms with Crippen molar-refractivity contribution in [3.63, 3.8) is 0 Å². The van der Waals surface area contributed by atoms with Gasteiger partial charge in [-0.05, 0) is 44.3 Å². The van der Waals surface area contributed by atoms with Gasteiger partial charge < -0.3 is 15.0 Å². The molecule has 0 bridgehead atoms. The maximum Gasteiger partial charge on any atom is 0.225 e. The van der Waals surface area contributed by atoms with Crippen molar-refractivity contribution in [2.24, 2.45) is 5.92 Å². The summed E-state index contributed by atoms with van der Waals surface area (Å²) in [6.07, 6.45) is 5.65. The van der Waals surface area contributed by atoms with Crippen molar-refractivity contribution in [2.75, 3.05) is 32.8 Å². The molecule has 3 rings (SSSR count). The average Bonchev–Trinajstić information content (AvgIpc) is 3.11. The van der Waals surface area contributed by atoms with Gasteiger partial charge in [0.05, 0.1) is 12.5 Å². The molecule has 4 nitrogen and oxygen atoms in total. The number of amides is 1. The Bertz CT molecular complexity index is 479. The molecule has 2 fully saturated rings. The van der Waals surface area contributed by atoms with E-state index in [0.29, 0.717) is 13.2 Å². The van der Waals surface area contributed by atoms with Crippen LogP contribution < -0.4 is 5.32 Å². The summed E-state index contributed by atoms with van der Waals surface area (Å²) < 4.78 is 5.36. The quantitative estimate of drug-likeness (QED) is 0.875. The molecule has 23 heavy (non-hydrogen) atoms. The van der Waals surface area contributed by atoms with Gasteiger partial charge in [0.25, 0.3) is 0 Å². The summed E-state index contributed by atoms with van der Waals surface area (Å²) >= 11 is 0. The first-order chi connectivity index (χ1) is 11.3. The molecule has 1 aromatic rings. The summed E-state index contributed by atoms with van der Waals surface area (Å²) in [4.78, 5) is 15.0. The van der Waals surface area contributed by atoms with Crippen molar-refractivity contribution >= 4 is 5.91 Å². The first-order valence-electron chi connectivity index (χ1n) is 8.95. The molecular formula is C19H28N2O2.